The minimum atomic E-state index is -0.793. The summed E-state index contributed by atoms with van der Waals surface area (Å²) in [6.45, 7) is 8.41. The number of anilines is 1. The third-order valence-electron chi connectivity index (χ3n) is 6.58. The van der Waals surface area contributed by atoms with Gasteiger partial charge in [-0.15, -0.1) is 0 Å². The molecule has 1 heterocycles. The number of aliphatic hydroxyl groups excluding tert-OH is 1. The number of halogens is 1. The molecule has 5 nitrogen and oxygen atoms in total. The summed E-state index contributed by atoms with van der Waals surface area (Å²) in [6, 6.07) is 19.3. The van der Waals surface area contributed by atoms with Gasteiger partial charge in [0.2, 0.25) is 0 Å². The van der Waals surface area contributed by atoms with Crippen molar-refractivity contribution in [1.82, 2.24) is 0 Å². The van der Waals surface area contributed by atoms with Crippen LogP contribution in [0.4, 0.5) is 5.69 Å². The van der Waals surface area contributed by atoms with Gasteiger partial charge in [0.1, 0.15) is 11.5 Å². The largest absolute Gasteiger partial charge is 0.507 e. The Morgan fingerprint density at radius 1 is 1.00 bits per heavy atom. The molecule has 0 aliphatic carbocycles. The molecule has 1 fully saturated rings. The van der Waals surface area contributed by atoms with E-state index in [-0.39, 0.29) is 16.7 Å². The standard InChI is InChI=1S/C30H30ClNO4/c1-6-18-7-9-19(10-8-18)26-25(27(33)20-11-16-23(31)24(17-20)36-5)28(34)29(35)32(26)22-14-12-21(13-15-22)30(2,3)4/h7-17,26,33H,6H2,1-5H3/b27-25-. The first-order valence-electron chi connectivity index (χ1n) is 11.9. The van der Waals surface area contributed by atoms with E-state index >= 15 is 0 Å². The third kappa shape index (κ3) is 4.63. The molecule has 1 amide bonds. The maximum absolute atomic E-state index is 13.4. The van der Waals surface area contributed by atoms with Crippen molar-refractivity contribution in [3.05, 3.63) is 99.6 Å². The normalized spacial score (nSPS) is 17.5. The van der Waals surface area contributed by atoms with E-state index in [1.54, 1.807) is 18.2 Å². The van der Waals surface area contributed by atoms with Gasteiger partial charge in [0.05, 0.1) is 23.7 Å². The number of methoxy groups -OCH3 is 1. The Labute approximate surface area is 217 Å². The van der Waals surface area contributed by atoms with Crippen molar-refractivity contribution >= 4 is 34.7 Å². The van der Waals surface area contributed by atoms with Crippen molar-refractivity contribution in [2.24, 2.45) is 0 Å². The first-order valence-corrected chi connectivity index (χ1v) is 12.3. The molecular formula is C30H30ClNO4. The molecule has 4 rings (SSSR count). The van der Waals surface area contributed by atoms with Crippen LogP contribution in [0.25, 0.3) is 5.76 Å². The zero-order valence-electron chi connectivity index (χ0n) is 21.1. The molecule has 0 saturated carbocycles. The summed E-state index contributed by atoms with van der Waals surface area (Å²) in [6.07, 6.45) is 0.860. The first-order chi connectivity index (χ1) is 17.1. The van der Waals surface area contributed by atoms with Crippen molar-refractivity contribution in [1.29, 1.82) is 0 Å². The maximum atomic E-state index is 13.4. The Kier molecular flexibility index (Phi) is 6.96. The molecule has 36 heavy (non-hydrogen) atoms. The Balaban J connectivity index is 1.91. The SMILES string of the molecule is CCc1ccc(C2/C(=C(/O)c3ccc(Cl)c(OC)c3)C(=O)C(=O)N2c2ccc(C(C)(C)C)cc2)cc1. The van der Waals surface area contributed by atoms with E-state index in [1.165, 1.54) is 12.0 Å². The van der Waals surface area contributed by atoms with E-state index in [4.69, 9.17) is 16.3 Å². The number of amides is 1. The van der Waals surface area contributed by atoms with Crippen molar-refractivity contribution in [3.63, 3.8) is 0 Å². The number of aliphatic hydroxyl groups is 1. The van der Waals surface area contributed by atoms with Crippen LogP contribution in [0, 0.1) is 0 Å². The Morgan fingerprint density at radius 3 is 2.19 bits per heavy atom. The van der Waals surface area contributed by atoms with Crippen LogP contribution in [0.1, 0.15) is 56.0 Å². The highest BCUT2D eigenvalue weighted by Gasteiger charge is 2.47. The van der Waals surface area contributed by atoms with E-state index < -0.39 is 17.7 Å². The second-order valence-electron chi connectivity index (χ2n) is 9.91. The second kappa shape index (κ2) is 9.82. The van der Waals surface area contributed by atoms with Crippen LogP contribution < -0.4 is 9.64 Å². The average molecular weight is 504 g/mol. The highest BCUT2D eigenvalue weighted by atomic mass is 35.5. The van der Waals surface area contributed by atoms with Crippen LogP contribution in [0.15, 0.2) is 72.3 Å². The van der Waals surface area contributed by atoms with E-state index in [2.05, 4.69) is 27.7 Å². The fourth-order valence-corrected chi connectivity index (χ4v) is 4.63. The first kappa shape index (κ1) is 25.5. The molecular weight excluding hydrogens is 474 g/mol. The molecule has 0 spiro atoms. The van der Waals surface area contributed by atoms with Crippen LogP contribution >= 0.6 is 11.6 Å². The Bertz CT molecular complexity index is 1330. The molecule has 1 atom stereocenters. The van der Waals surface area contributed by atoms with Crippen LogP contribution in [-0.4, -0.2) is 23.9 Å². The van der Waals surface area contributed by atoms with Gasteiger partial charge in [0.15, 0.2) is 0 Å². The monoisotopic (exact) mass is 503 g/mol. The molecule has 1 unspecified atom stereocenters. The summed E-state index contributed by atoms with van der Waals surface area (Å²) in [5.41, 5.74) is 3.86. The second-order valence-corrected chi connectivity index (χ2v) is 10.3. The number of ether oxygens (including phenoxy) is 1. The lowest BCUT2D eigenvalue weighted by Gasteiger charge is -2.27. The van der Waals surface area contributed by atoms with Gasteiger partial charge in [-0.2, -0.15) is 0 Å². The van der Waals surface area contributed by atoms with E-state index in [0.717, 1.165) is 23.1 Å². The van der Waals surface area contributed by atoms with Gasteiger partial charge >= 0.3 is 0 Å². The van der Waals surface area contributed by atoms with Gasteiger partial charge in [0.25, 0.3) is 11.7 Å². The van der Waals surface area contributed by atoms with Gasteiger partial charge in [-0.3, -0.25) is 14.5 Å². The summed E-state index contributed by atoms with van der Waals surface area (Å²) in [5, 5.41) is 11.7. The number of benzene rings is 3. The minimum Gasteiger partial charge on any atom is -0.507 e. The molecule has 0 radical (unpaired) electrons. The minimum absolute atomic E-state index is 0.0218. The summed E-state index contributed by atoms with van der Waals surface area (Å²) < 4.78 is 5.28. The summed E-state index contributed by atoms with van der Waals surface area (Å²) in [5.74, 6) is -1.35. The molecule has 1 aliphatic heterocycles. The van der Waals surface area contributed by atoms with Gasteiger partial charge in [0, 0.05) is 11.3 Å². The molecule has 0 aromatic heterocycles. The van der Waals surface area contributed by atoms with Gasteiger partial charge < -0.3 is 9.84 Å². The highest BCUT2D eigenvalue weighted by Crippen LogP contribution is 2.43. The van der Waals surface area contributed by atoms with Crippen LogP contribution in [0.2, 0.25) is 5.02 Å². The number of hydrogen-bond donors (Lipinski definition) is 1. The summed E-state index contributed by atoms with van der Waals surface area (Å²) in [4.78, 5) is 28.3. The lowest BCUT2D eigenvalue weighted by Crippen LogP contribution is -2.29. The number of Topliss-reactive ketones (excluding diaryl/α,β-unsaturated/α-hetero) is 1. The molecule has 1 saturated heterocycles. The van der Waals surface area contributed by atoms with E-state index in [9.17, 15) is 14.7 Å². The number of carbonyl (C=O) groups excluding carboxylic acids is 2. The fourth-order valence-electron chi connectivity index (χ4n) is 4.43. The third-order valence-corrected chi connectivity index (χ3v) is 6.90. The van der Waals surface area contributed by atoms with Crippen LogP contribution in [-0.2, 0) is 21.4 Å². The number of aryl methyl sites for hydroxylation is 1. The average Bonchev–Trinajstić information content (AvgIpc) is 3.13. The number of ketones is 1. The Hall–Kier alpha value is -3.57. The predicted molar refractivity (Wildman–Crippen MR) is 144 cm³/mol. The van der Waals surface area contributed by atoms with Gasteiger partial charge in [-0.25, -0.2) is 0 Å². The topological polar surface area (TPSA) is 66.8 Å². The lowest BCUT2D eigenvalue weighted by atomic mass is 9.87. The number of hydrogen-bond acceptors (Lipinski definition) is 4. The lowest BCUT2D eigenvalue weighted by molar-refractivity contribution is -0.132. The maximum Gasteiger partial charge on any atom is 0.300 e. The molecule has 3 aromatic carbocycles. The van der Waals surface area contributed by atoms with Crippen molar-refractivity contribution < 1.29 is 19.4 Å². The number of rotatable bonds is 5. The molecule has 6 heteroatoms. The number of nitrogens with zero attached hydrogens (tertiary/aromatic N) is 1. The van der Waals surface area contributed by atoms with Crippen LogP contribution in [0.5, 0.6) is 5.75 Å². The Morgan fingerprint density at radius 2 is 1.64 bits per heavy atom. The zero-order valence-corrected chi connectivity index (χ0v) is 21.9. The van der Waals surface area contributed by atoms with E-state index in [0.29, 0.717) is 22.0 Å². The molecule has 3 aromatic rings. The molecule has 1 aliphatic rings. The molecule has 1 N–H and O–H groups in total. The highest BCUT2D eigenvalue weighted by molar-refractivity contribution is 6.51. The smallest absolute Gasteiger partial charge is 0.300 e. The number of carbonyl (C=O) groups is 2. The molecule has 186 valence electrons. The fraction of sp³-hybridized carbons (Fsp3) is 0.267. The van der Waals surface area contributed by atoms with Crippen LogP contribution in [0.3, 0.4) is 0 Å². The van der Waals surface area contributed by atoms with Gasteiger partial charge in [-0.05, 0) is 58.9 Å². The van der Waals surface area contributed by atoms with Gasteiger partial charge in [-0.1, -0.05) is 75.7 Å². The summed E-state index contributed by atoms with van der Waals surface area (Å²) in [7, 11) is 1.47. The van der Waals surface area contributed by atoms with E-state index in [1.807, 2.05) is 48.5 Å². The zero-order chi connectivity index (χ0) is 26.2. The van der Waals surface area contributed by atoms with Crippen molar-refractivity contribution in [2.45, 2.75) is 45.6 Å². The van der Waals surface area contributed by atoms with Crippen molar-refractivity contribution in [2.75, 3.05) is 12.0 Å². The predicted octanol–water partition coefficient (Wildman–Crippen LogP) is 6.83. The summed E-state index contributed by atoms with van der Waals surface area (Å²) >= 11 is 6.16. The van der Waals surface area contributed by atoms with Crippen molar-refractivity contribution in [3.8, 4) is 5.75 Å². The quantitative estimate of drug-likeness (QED) is 0.235. The molecule has 0 bridgehead atoms.